The molecule has 50 heavy (non-hydrogen) atoms. The molecule has 10 nitrogen and oxygen atoms in total. The molecule has 290 valence electrons. The minimum absolute atomic E-state index is 0.105. The molecule has 0 aliphatic carbocycles. The van der Waals surface area contributed by atoms with Gasteiger partial charge < -0.3 is 29.5 Å². The van der Waals surface area contributed by atoms with Gasteiger partial charge in [0.25, 0.3) is 0 Å². The highest BCUT2D eigenvalue weighted by Gasteiger charge is 2.23. The second-order valence-electron chi connectivity index (χ2n) is 13.3. The number of ether oxygens (including phenoxy) is 2. The molecule has 0 bridgehead atoms. The van der Waals surface area contributed by atoms with Crippen molar-refractivity contribution in [3.05, 3.63) is 48.6 Å². The summed E-state index contributed by atoms with van der Waals surface area (Å²) in [5.41, 5.74) is 0. The Hall–Kier alpha value is -2.07. The molecule has 0 spiro atoms. The molecule has 0 radical (unpaired) electrons. The number of hydrogen-bond acceptors (Lipinski definition) is 8. The summed E-state index contributed by atoms with van der Waals surface area (Å²) in [5, 5.41) is 20.5. The molecule has 0 saturated heterocycles. The maximum atomic E-state index is 12.4. The van der Waals surface area contributed by atoms with Crippen LogP contribution < -0.4 is 0 Å². The molecular weight excluding hydrogens is 659 g/mol. The zero-order valence-electron chi connectivity index (χ0n) is 31.2. The lowest BCUT2D eigenvalue weighted by Crippen LogP contribution is -2.30. The third-order valence-corrected chi connectivity index (χ3v) is 8.48. The molecule has 0 aliphatic rings. The molecule has 0 saturated carbocycles. The van der Waals surface area contributed by atoms with Gasteiger partial charge in [-0.3, -0.25) is 14.1 Å². The summed E-state index contributed by atoms with van der Waals surface area (Å²) < 4.78 is 26.1. The van der Waals surface area contributed by atoms with Crippen molar-refractivity contribution in [2.75, 3.05) is 13.2 Å². The van der Waals surface area contributed by atoms with Gasteiger partial charge >= 0.3 is 19.8 Å². The fourth-order valence-electron chi connectivity index (χ4n) is 5.06. The lowest BCUT2D eigenvalue weighted by atomic mass is 10.0. The van der Waals surface area contributed by atoms with Crippen LogP contribution in [0.2, 0.25) is 0 Å². The molecule has 0 aromatic heterocycles. The van der Waals surface area contributed by atoms with Crippen LogP contribution in [-0.2, 0) is 28.2 Å². The number of aliphatic hydroxyl groups excluding tert-OH is 2. The van der Waals surface area contributed by atoms with Crippen LogP contribution in [0.25, 0.3) is 0 Å². The van der Waals surface area contributed by atoms with Crippen LogP contribution in [0.15, 0.2) is 48.6 Å². The Morgan fingerprint density at radius 1 is 0.620 bits per heavy atom. The number of carbonyl (C=O) groups excluding carboxylic acids is 2. The Kier molecular flexibility index (Phi) is 31.5. The summed E-state index contributed by atoms with van der Waals surface area (Å²) in [6.07, 6.45) is 30.2. The molecule has 0 aromatic carbocycles. The quantitative estimate of drug-likeness (QED) is 0.0222. The smallest absolute Gasteiger partial charge is 0.462 e. The van der Waals surface area contributed by atoms with E-state index in [1.165, 1.54) is 44.9 Å². The van der Waals surface area contributed by atoms with Gasteiger partial charge in [-0.05, 0) is 57.3 Å². The van der Waals surface area contributed by atoms with Crippen LogP contribution in [0.1, 0.15) is 149 Å². The molecule has 0 unspecified atom stereocenters. The Morgan fingerprint density at radius 3 is 1.66 bits per heavy atom. The van der Waals surface area contributed by atoms with Crippen molar-refractivity contribution in [3.8, 4) is 0 Å². The van der Waals surface area contributed by atoms with E-state index in [1.807, 2.05) is 18.2 Å². The van der Waals surface area contributed by atoms with Gasteiger partial charge in [0.2, 0.25) is 0 Å². The number of rotatable bonds is 33. The largest absolute Gasteiger partial charge is 0.469 e. The van der Waals surface area contributed by atoms with Crippen molar-refractivity contribution in [2.45, 2.75) is 167 Å². The predicted octanol–water partition coefficient (Wildman–Crippen LogP) is 8.98. The standard InChI is InChI=1S/C39H69O10P/c1-4-5-6-7-8-9-10-11-15-18-21-24-28-36(40)37(41)29-26-31-39(43)49-35(33-48-50(44,45)46)32-47-38(42)30-25-22-19-16-13-12-14-17-20-23-27-34(2)3/h5-6,8-9,11,15,21,24,34-37,40-41H,4,7,10,12-14,16-20,22-23,25-33H2,1-3H3,(H2,44,45,46)/b6-5-,9-8-,15-11-,24-21-/t35-,36-,37-/m1/s1. The average molecular weight is 729 g/mol. The Bertz CT molecular complexity index is 1000. The van der Waals surface area contributed by atoms with E-state index < -0.39 is 51.3 Å². The fourth-order valence-corrected chi connectivity index (χ4v) is 5.42. The van der Waals surface area contributed by atoms with Crippen LogP contribution in [0.3, 0.4) is 0 Å². The van der Waals surface area contributed by atoms with Crippen LogP contribution in [0.4, 0.5) is 0 Å². The molecule has 3 atom stereocenters. The Morgan fingerprint density at radius 2 is 1.12 bits per heavy atom. The molecule has 0 aromatic rings. The van der Waals surface area contributed by atoms with Crippen molar-refractivity contribution in [3.63, 3.8) is 0 Å². The van der Waals surface area contributed by atoms with Gasteiger partial charge in [-0.25, -0.2) is 4.57 Å². The minimum Gasteiger partial charge on any atom is -0.462 e. The summed E-state index contributed by atoms with van der Waals surface area (Å²) in [7, 11) is -4.83. The van der Waals surface area contributed by atoms with E-state index in [0.29, 0.717) is 6.42 Å². The van der Waals surface area contributed by atoms with E-state index in [0.717, 1.165) is 50.9 Å². The summed E-state index contributed by atoms with van der Waals surface area (Å²) in [6, 6.07) is 0. The van der Waals surface area contributed by atoms with E-state index in [2.05, 4.69) is 55.7 Å². The number of phosphoric acid groups is 1. The molecule has 0 aliphatic heterocycles. The van der Waals surface area contributed by atoms with Crippen molar-refractivity contribution in [1.29, 1.82) is 0 Å². The SMILES string of the molecule is CC/C=C\C/C=C\C/C=C\C/C=C\C[C@@H](O)[C@H](O)CCCC(=O)O[C@H](COC(=O)CCCCCCCCCCCCC(C)C)COP(=O)(O)O. The topological polar surface area (TPSA) is 160 Å². The summed E-state index contributed by atoms with van der Waals surface area (Å²) in [5.74, 6) is -0.393. The predicted molar refractivity (Wildman–Crippen MR) is 200 cm³/mol. The number of hydrogen-bond donors (Lipinski definition) is 4. The number of allylic oxidation sites excluding steroid dienone is 7. The van der Waals surface area contributed by atoms with Gasteiger partial charge in [0, 0.05) is 12.8 Å². The molecule has 11 heteroatoms. The average Bonchev–Trinajstić information content (AvgIpc) is 3.06. The minimum atomic E-state index is -4.83. The second kappa shape index (κ2) is 32.8. The van der Waals surface area contributed by atoms with Gasteiger partial charge in [0.05, 0.1) is 18.8 Å². The third-order valence-electron chi connectivity index (χ3n) is 7.99. The monoisotopic (exact) mass is 728 g/mol. The highest BCUT2D eigenvalue weighted by Crippen LogP contribution is 2.36. The van der Waals surface area contributed by atoms with E-state index in [4.69, 9.17) is 19.3 Å². The second-order valence-corrected chi connectivity index (χ2v) is 14.6. The number of esters is 2. The number of unbranched alkanes of at least 4 members (excludes halogenated alkanes) is 9. The van der Waals surface area contributed by atoms with E-state index in [-0.39, 0.29) is 32.1 Å². The van der Waals surface area contributed by atoms with Crippen LogP contribution in [0.5, 0.6) is 0 Å². The highest BCUT2D eigenvalue weighted by atomic mass is 31.2. The fraction of sp³-hybridized carbons (Fsp3) is 0.744. The molecular formula is C39H69O10P. The normalized spacial score (nSPS) is 14.4. The van der Waals surface area contributed by atoms with Gasteiger partial charge in [0.1, 0.15) is 6.61 Å². The number of phosphoric ester groups is 1. The summed E-state index contributed by atoms with van der Waals surface area (Å²) in [6.45, 7) is 5.60. The van der Waals surface area contributed by atoms with E-state index >= 15 is 0 Å². The van der Waals surface area contributed by atoms with Crippen molar-refractivity contribution in [2.24, 2.45) is 5.92 Å². The number of carbonyl (C=O) groups is 2. The lowest BCUT2D eigenvalue weighted by Gasteiger charge is -2.19. The Labute approximate surface area is 302 Å². The molecule has 0 fully saturated rings. The van der Waals surface area contributed by atoms with E-state index in [1.54, 1.807) is 0 Å². The van der Waals surface area contributed by atoms with Crippen LogP contribution >= 0.6 is 7.82 Å². The summed E-state index contributed by atoms with van der Waals surface area (Å²) in [4.78, 5) is 42.8. The number of aliphatic hydroxyl groups is 2. The molecule has 0 amide bonds. The zero-order valence-corrected chi connectivity index (χ0v) is 32.1. The summed E-state index contributed by atoms with van der Waals surface area (Å²) >= 11 is 0. The third kappa shape index (κ3) is 34.4. The van der Waals surface area contributed by atoms with Crippen molar-refractivity contribution >= 4 is 19.8 Å². The zero-order chi connectivity index (χ0) is 37.3. The lowest BCUT2D eigenvalue weighted by molar-refractivity contribution is -0.161. The first-order valence-corrected chi connectivity index (χ1v) is 20.5. The maximum absolute atomic E-state index is 12.4. The van der Waals surface area contributed by atoms with Crippen molar-refractivity contribution < 1.29 is 48.2 Å². The van der Waals surface area contributed by atoms with Crippen molar-refractivity contribution in [1.82, 2.24) is 0 Å². The van der Waals surface area contributed by atoms with E-state index in [9.17, 15) is 24.4 Å². The van der Waals surface area contributed by atoms with Gasteiger partial charge in [-0.2, -0.15) is 0 Å². The van der Waals surface area contributed by atoms with Crippen LogP contribution in [0, 0.1) is 5.92 Å². The van der Waals surface area contributed by atoms with Crippen LogP contribution in [-0.4, -0.2) is 63.5 Å². The maximum Gasteiger partial charge on any atom is 0.469 e. The molecule has 0 rings (SSSR count). The van der Waals surface area contributed by atoms with Gasteiger partial charge in [-0.1, -0.05) is 134 Å². The van der Waals surface area contributed by atoms with Gasteiger partial charge in [0.15, 0.2) is 6.10 Å². The first-order valence-electron chi connectivity index (χ1n) is 19.0. The van der Waals surface area contributed by atoms with Gasteiger partial charge in [-0.15, -0.1) is 0 Å². The molecule has 0 heterocycles. The highest BCUT2D eigenvalue weighted by molar-refractivity contribution is 7.46. The Balaban J connectivity index is 4.25. The molecule has 4 N–H and O–H groups in total. The first kappa shape index (κ1) is 47.9. The first-order chi connectivity index (χ1) is 23.9.